The van der Waals surface area contributed by atoms with E-state index in [-0.39, 0.29) is 0 Å². The number of hydrogen-bond acceptors (Lipinski definition) is 2. The first-order chi connectivity index (χ1) is 5.07. The van der Waals surface area contributed by atoms with Crippen molar-refractivity contribution < 1.29 is 0 Å². The highest BCUT2D eigenvalue weighted by Gasteiger charge is 2.09. The van der Waals surface area contributed by atoms with Gasteiger partial charge < -0.3 is 10.6 Å². The minimum Gasteiger partial charge on any atom is -0.329 e. The minimum absolute atomic E-state index is 0.665. The summed E-state index contributed by atoms with van der Waals surface area (Å²) in [5.41, 5.74) is 5.46. The van der Waals surface area contributed by atoms with Crippen molar-refractivity contribution in [1.82, 2.24) is 4.90 Å². The van der Waals surface area contributed by atoms with Gasteiger partial charge in [-0.2, -0.15) is 0 Å². The third kappa shape index (κ3) is 5.22. The van der Waals surface area contributed by atoms with Crippen LogP contribution in [0.3, 0.4) is 0 Å². The first-order valence-corrected chi connectivity index (χ1v) is 4.48. The average molecular weight is 158 g/mol. The Bertz CT molecular complexity index is 91.6. The van der Waals surface area contributed by atoms with Crippen LogP contribution in [-0.2, 0) is 0 Å². The topological polar surface area (TPSA) is 29.3 Å². The van der Waals surface area contributed by atoms with E-state index in [0.717, 1.165) is 19.0 Å². The van der Waals surface area contributed by atoms with Crippen molar-refractivity contribution in [3.05, 3.63) is 0 Å². The van der Waals surface area contributed by atoms with Crippen molar-refractivity contribution in [2.75, 3.05) is 20.1 Å². The van der Waals surface area contributed by atoms with Crippen LogP contribution >= 0.6 is 0 Å². The molecule has 0 fully saturated rings. The molecule has 0 aromatic rings. The minimum atomic E-state index is 0.665. The molecule has 1 unspecified atom stereocenters. The maximum absolute atomic E-state index is 5.46. The zero-order chi connectivity index (χ0) is 8.85. The lowest BCUT2D eigenvalue weighted by atomic mass is 10.0. The molecule has 0 aliphatic carbocycles. The summed E-state index contributed by atoms with van der Waals surface area (Å²) in [5, 5.41) is 0. The highest BCUT2D eigenvalue weighted by Crippen LogP contribution is 2.08. The summed E-state index contributed by atoms with van der Waals surface area (Å²) in [5.74, 6) is 0.783. The third-order valence-corrected chi connectivity index (χ3v) is 2.05. The lowest BCUT2D eigenvalue weighted by molar-refractivity contribution is 0.234. The molecule has 0 aliphatic rings. The molecule has 2 heteroatoms. The lowest BCUT2D eigenvalue weighted by Gasteiger charge is -2.25. The molecule has 0 saturated carbocycles. The average Bonchev–Trinajstić information content (AvgIpc) is 1.86. The van der Waals surface area contributed by atoms with E-state index < -0.39 is 0 Å². The summed E-state index contributed by atoms with van der Waals surface area (Å²) in [6, 6.07) is 0.665. The summed E-state index contributed by atoms with van der Waals surface area (Å²) in [6.07, 6.45) is 1.26. The van der Waals surface area contributed by atoms with Crippen LogP contribution in [0.2, 0.25) is 0 Å². The van der Waals surface area contributed by atoms with Gasteiger partial charge in [0.15, 0.2) is 0 Å². The van der Waals surface area contributed by atoms with Crippen molar-refractivity contribution in [2.24, 2.45) is 11.7 Å². The number of nitrogens with two attached hydrogens (primary N) is 1. The fraction of sp³-hybridized carbons (Fsp3) is 1.00. The van der Waals surface area contributed by atoms with Gasteiger partial charge in [-0.25, -0.2) is 0 Å². The summed E-state index contributed by atoms with van der Waals surface area (Å²) < 4.78 is 0. The molecule has 0 aromatic carbocycles. The fourth-order valence-electron chi connectivity index (χ4n) is 1.29. The van der Waals surface area contributed by atoms with E-state index in [9.17, 15) is 0 Å². The van der Waals surface area contributed by atoms with E-state index in [1.165, 1.54) is 6.42 Å². The Kier molecular flexibility index (Phi) is 5.51. The van der Waals surface area contributed by atoms with Crippen molar-refractivity contribution in [3.8, 4) is 0 Å². The van der Waals surface area contributed by atoms with Gasteiger partial charge in [-0.05, 0) is 26.3 Å². The molecule has 0 radical (unpaired) electrons. The maximum Gasteiger partial charge on any atom is 0.0104 e. The van der Waals surface area contributed by atoms with E-state index >= 15 is 0 Å². The summed E-state index contributed by atoms with van der Waals surface area (Å²) in [6.45, 7) is 8.54. The zero-order valence-electron chi connectivity index (χ0n) is 8.30. The Morgan fingerprint density at radius 1 is 1.27 bits per heavy atom. The van der Waals surface area contributed by atoms with Gasteiger partial charge in [0, 0.05) is 19.1 Å². The number of likely N-dealkylation sites (N-methyl/N-ethyl adjacent to an activating group) is 1. The standard InChI is InChI=1S/C9H22N2/c1-8(2)7-9(3)11(4)6-5-10/h8-9H,5-7,10H2,1-4H3. The normalized spacial score (nSPS) is 14.5. The first kappa shape index (κ1) is 10.9. The number of nitrogens with zero attached hydrogens (tertiary/aromatic N) is 1. The van der Waals surface area contributed by atoms with Gasteiger partial charge >= 0.3 is 0 Å². The Balaban J connectivity index is 3.54. The van der Waals surface area contributed by atoms with Crippen LogP contribution in [0.4, 0.5) is 0 Å². The Hall–Kier alpha value is -0.0800. The van der Waals surface area contributed by atoms with E-state index in [4.69, 9.17) is 5.73 Å². The molecule has 0 amide bonds. The number of hydrogen-bond donors (Lipinski definition) is 1. The molecule has 2 nitrogen and oxygen atoms in total. The molecular formula is C9H22N2. The van der Waals surface area contributed by atoms with E-state index in [0.29, 0.717) is 6.04 Å². The fourth-order valence-corrected chi connectivity index (χ4v) is 1.29. The molecule has 0 aliphatic heterocycles. The van der Waals surface area contributed by atoms with Crippen LogP contribution in [0.5, 0.6) is 0 Å². The van der Waals surface area contributed by atoms with Crippen LogP contribution in [-0.4, -0.2) is 31.1 Å². The summed E-state index contributed by atoms with van der Waals surface area (Å²) in [7, 11) is 2.14. The van der Waals surface area contributed by atoms with Crippen molar-refractivity contribution in [2.45, 2.75) is 33.2 Å². The molecule has 0 saturated heterocycles. The number of rotatable bonds is 5. The SMILES string of the molecule is CC(C)CC(C)N(C)CCN. The molecule has 68 valence electrons. The maximum atomic E-state index is 5.46. The Labute approximate surface area is 70.8 Å². The summed E-state index contributed by atoms with van der Waals surface area (Å²) >= 11 is 0. The quantitative estimate of drug-likeness (QED) is 0.653. The van der Waals surface area contributed by atoms with Crippen molar-refractivity contribution in [1.29, 1.82) is 0 Å². The lowest BCUT2D eigenvalue weighted by Crippen LogP contribution is -2.34. The molecule has 2 N–H and O–H groups in total. The molecule has 0 spiro atoms. The monoisotopic (exact) mass is 158 g/mol. The molecule has 0 bridgehead atoms. The van der Waals surface area contributed by atoms with Crippen LogP contribution in [0, 0.1) is 5.92 Å². The van der Waals surface area contributed by atoms with Crippen LogP contribution in [0.25, 0.3) is 0 Å². The van der Waals surface area contributed by atoms with Gasteiger partial charge in [-0.1, -0.05) is 13.8 Å². The predicted molar refractivity (Wildman–Crippen MR) is 50.6 cm³/mol. The molecule has 0 aromatic heterocycles. The second-order valence-electron chi connectivity index (χ2n) is 3.75. The van der Waals surface area contributed by atoms with E-state index in [1.807, 2.05) is 0 Å². The second-order valence-corrected chi connectivity index (χ2v) is 3.75. The summed E-state index contributed by atoms with van der Waals surface area (Å²) in [4.78, 5) is 2.32. The van der Waals surface area contributed by atoms with Crippen molar-refractivity contribution in [3.63, 3.8) is 0 Å². The predicted octanol–water partition coefficient (Wildman–Crippen LogP) is 1.31. The van der Waals surface area contributed by atoms with Gasteiger partial charge in [0.05, 0.1) is 0 Å². The Morgan fingerprint density at radius 2 is 1.82 bits per heavy atom. The first-order valence-electron chi connectivity index (χ1n) is 4.48. The van der Waals surface area contributed by atoms with Crippen LogP contribution in [0.1, 0.15) is 27.2 Å². The highest BCUT2D eigenvalue weighted by molar-refractivity contribution is 4.64. The molecule has 0 heterocycles. The van der Waals surface area contributed by atoms with Gasteiger partial charge in [-0.15, -0.1) is 0 Å². The van der Waals surface area contributed by atoms with E-state index in [1.54, 1.807) is 0 Å². The van der Waals surface area contributed by atoms with Crippen LogP contribution in [0.15, 0.2) is 0 Å². The van der Waals surface area contributed by atoms with Gasteiger partial charge in [0.25, 0.3) is 0 Å². The molecule has 11 heavy (non-hydrogen) atoms. The molecule has 0 rings (SSSR count). The van der Waals surface area contributed by atoms with Gasteiger partial charge in [0.1, 0.15) is 0 Å². The Morgan fingerprint density at radius 3 is 2.18 bits per heavy atom. The third-order valence-electron chi connectivity index (χ3n) is 2.05. The second kappa shape index (κ2) is 5.56. The highest BCUT2D eigenvalue weighted by atomic mass is 15.1. The van der Waals surface area contributed by atoms with Crippen molar-refractivity contribution >= 4 is 0 Å². The van der Waals surface area contributed by atoms with Gasteiger partial charge in [0.2, 0.25) is 0 Å². The van der Waals surface area contributed by atoms with Gasteiger partial charge in [-0.3, -0.25) is 0 Å². The molecular weight excluding hydrogens is 136 g/mol. The van der Waals surface area contributed by atoms with Crippen LogP contribution < -0.4 is 5.73 Å². The largest absolute Gasteiger partial charge is 0.329 e. The van der Waals surface area contributed by atoms with E-state index in [2.05, 4.69) is 32.7 Å². The zero-order valence-corrected chi connectivity index (χ0v) is 8.30. The smallest absolute Gasteiger partial charge is 0.0104 e. The molecule has 1 atom stereocenters.